The molecule has 0 radical (unpaired) electrons. The van der Waals surface area contributed by atoms with Crippen LogP contribution in [0.5, 0.6) is 0 Å². The molecule has 0 fully saturated rings. The van der Waals surface area contributed by atoms with Gasteiger partial charge in [0.2, 0.25) is 0 Å². The van der Waals surface area contributed by atoms with Crippen molar-refractivity contribution < 1.29 is 4.79 Å². The first kappa shape index (κ1) is 13.4. The number of nitrogens with zero attached hydrogens (tertiary/aromatic N) is 1. The van der Waals surface area contributed by atoms with E-state index in [9.17, 15) is 4.79 Å². The smallest absolute Gasteiger partial charge is 0.154 e. The molecule has 0 aliphatic rings. The van der Waals surface area contributed by atoms with Gasteiger partial charge in [-0.2, -0.15) is 0 Å². The molecule has 0 atom stereocenters. The highest BCUT2D eigenvalue weighted by Crippen LogP contribution is 2.26. The van der Waals surface area contributed by atoms with Crippen molar-refractivity contribution in [3.05, 3.63) is 41.2 Å². The van der Waals surface area contributed by atoms with Crippen molar-refractivity contribution in [2.45, 2.75) is 27.7 Å². The fourth-order valence-corrected chi connectivity index (χ4v) is 2.32. The molecular weight excluding hydrogens is 236 g/mol. The number of allylic oxidation sites excluding steroid dienone is 2. The summed E-state index contributed by atoms with van der Waals surface area (Å²) in [7, 11) is 2.06. The van der Waals surface area contributed by atoms with Crippen LogP contribution in [0.25, 0.3) is 10.9 Å². The molecule has 3 nitrogen and oxygen atoms in total. The highest BCUT2D eigenvalue weighted by molar-refractivity contribution is 5.89. The molecule has 0 amide bonds. The van der Waals surface area contributed by atoms with Gasteiger partial charge in [0.05, 0.1) is 5.52 Å². The SMILES string of the molecule is CC(=O)/C=C(/C)Nc1cc2c(cc1C)cc(C)n2C. The zero-order valence-corrected chi connectivity index (χ0v) is 12.2. The molecule has 3 heteroatoms. The van der Waals surface area contributed by atoms with Gasteiger partial charge in [-0.3, -0.25) is 4.79 Å². The summed E-state index contributed by atoms with van der Waals surface area (Å²) in [5.41, 5.74) is 5.52. The Hall–Kier alpha value is -2.03. The van der Waals surface area contributed by atoms with Gasteiger partial charge in [-0.1, -0.05) is 0 Å². The van der Waals surface area contributed by atoms with Gasteiger partial charge in [0.15, 0.2) is 5.78 Å². The lowest BCUT2D eigenvalue weighted by molar-refractivity contribution is -0.112. The summed E-state index contributed by atoms with van der Waals surface area (Å²) in [4.78, 5) is 11.1. The largest absolute Gasteiger partial charge is 0.359 e. The minimum absolute atomic E-state index is 0.0541. The third-order valence-corrected chi connectivity index (χ3v) is 3.38. The van der Waals surface area contributed by atoms with E-state index in [1.54, 1.807) is 13.0 Å². The Morgan fingerprint density at radius 2 is 1.89 bits per heavy atom. The Labute approximate surface area is 113 Å². The second kappa shape index (κ2) is 4.92. The second-order valence-corrected chi connectivity index (χ2v) is 5.13. The number of fused-ring (bicyclic) bond motifs is 1. The predicted octanol–water partition coefficient (Wildman–Crippen LogP) is 3.70. The Kier molecular flexibility index (Phi) is 3.47. The average molecular weight is 256 g/mol. The zero-order valence-electron chi connectivity index (χ0n) is 12.2. The van der Waals surface area contributed by atoms with Gasteiger partial charge in [-0.25, -0.2) is 0 Å². The van der Waals surface area contributed by atoms with Crippen LogP contribution in [0.1, 0.15) is 25.1 Å². The number of aryl methyl sites for hydroxylation is 3. The minimum atomic E-state index is 0.0541. The highest BCUT2D eigenvalue weighted by atomic mass is 16.1. The molecule has 0 bridgehead atoms. The van der Waals surface area contributed by atoms with E-state index in [0.717, 1.165) is 11.4 Å². The van der Waals surface area contributed by atoms with Crippen LogP contribution in [-0.2, 0) is 11.8 Å². The Balaban J connectivity index is 2.46. The molecule has 0 aliphatic heterocycles. The quantitative estimate of drug-likeness (QED) is 0.850. The van der Waals surface area contributed by atoms with Gasteiger partial charge in [0, 0.05) is 29.5 Å². The van der Waals surface area contributed by atoms with Gasteiger partial charge in [0.25, 0.3) is 0 Å². The minimum Gasteiger partial charge on any atom is -0.359 e. The number of nitrogens with one attached hydrogen (secondary N) is 1. The molecule has 100 valence electrons. The van der Waals surface area contributed by atoms with E-state index < -0.39 is 0 Å². The van der Waals surface area contributed by atoms with Crippen molar-refractivity contribution in [3.63, 3.8) is 0 Å². The first-order valence-electron chi connectivity index (χ1n) is 6.41. The number of hydrogen-bond donors (Lipinski definition) is 1. The number of ketones is 1. The van der Waals surface area contributed by atoms with E-state index in [0.29, 0.717) is 0 Å². The number of carbonyl (C=O) groups is 1. The van der Waals surface area contributed by atoms with Crippen molar-refractivity contribution in [2.24, 2.45) is 7.05 Å². The Bertz CT molecular complexity index is 678. The lowest BCUT2D eigenvalue weighted by Gasteiger charge is -2.11. The number of anilines is 1. The van der Waals surface area contributed by atoms with Crippen LogP contribution in [-0.4, -0.2) is 10.4 Å². The predicted molar refractivity (Wildman–Crippen MR) is 80.5 cm³/mol. The highest BCUT2D eigenvalue weighted by Gasteiger charge is 2.07. The molecular formula is C16H20N2O. The fourth-order valence-electron chi connectivity index (χ4n) is 2.32. The van der Waals surface area contributed by atoms with E-state index in [1.807, 2.05) is 6.92 Å². The number of carbonyl (C=O) groups excluding carboxylic acids is 1. The fraction of sp³-hybridized carbons (Fsp3) is 0.312. The Morgan fingerprint density at radius 3 is 2.53 bits per heavy atom. The van der Waals surface area contributed by atoms with Gasteiger partial charge in [0.1, 0.15) is 0 Å². The standard InChI is InChI=1S/C16H20N2O/c1-10-6-14-8-12(3)18(5)16(14)9-15(10)17-11(2)7-13(4)19/h6-9,17H,1-5H3/b11-7-. The van der Waals surface area contributed by atoms with Crippen LogP contribution >= 0.6 is 0 Å². The summed E-state index contributed by atoms with van der Waals surface area (Å²) in [6, 6.07) is 6.49. The molecule has 1 heterocycles. The van der Waals surface area contributed by atoms with Crippen LogP contribution in [0.4, 0.5) is 5.69 Å². The summed E-state index contributed by atoms with van der Waals surface area (Å²) < 4.78 is 2.17. The van der Waals surface area contributed by atoms with Crippen LogP contribution < -0.4 is 5.32 Å². The van der Waals surface area contributed by atoms with Gasteiger partial charge in [-0.15, -0.1) is 0 Å². The van der Waals surface area contributed by atoms with E-state index in [4.69, 9.17) is 0 Å². The van der Waals surface area contributed by atoms with Crippen LogP contribution in [0.3, 0.4) is 0 Å². The van der Waals surface area contributed by atoms with Crippen LogP contribution in [0.2, 0.25) is 0 Å². The number of benzene rings is 1. The monoisotopic (exact) mass is 256 g/mol. The van der Waals surface area contributed by atoms with Crippen molar-refractivity contribution >= 4 is 22.4 Å². The number of hydrogen-bond acceptors (Lipinski definition) is 2. The van der Waals surface area contributed by atoms with Crippen molar-refractivity contribution in [1.82, 2.24) is 4.57 Å². The maximum absolute atomic E-state index is 11.1. The molecule has 0 unspecified atom stereocenters. The van der Waals surface area contributed by atoms with E-state index in [1.165, 1.54) is 22.2 Å². The van der Waals surface area contributed by atoms with E-state index in [-0.39, 0.29) is 5.78 Å². The van der Waals surface area contributed by atoms with E-state index >= 15 is 0 Å². The lowest BCUT2D eigenvalue weighted by Crippen LogP contribution is -2.00. The summed E-state index contributed by atoms with van der Waals surface area (Å²) >= 11 is 0. The summed E-state index contributed by atoms with van der Waals surface area (Å²) in [6.45, 7) is 7.64. The zero-order chi connectivity index (χ0) is 14.2. The normalized spacial score (nSPS) is 11.9. The molecule has 1 aromatic carbocycles. The first-order chi connectivity index (χ1) is 8.88. The molecule has 1 aromatic heterocycles. The molecule has 0 saturated carbocycles. The van der Waals surface area contributed by atoms with Gasteiger partial charge in [-0.05, 0) is 57.5 Å². The third-order valence-electron chi connectivity index (χ3n) is 3.38. The topological polar surface area (TPSA) is 34.0 Å². The molecule has 0 aliphatic carbocycles. The first-order valence-corrected chi connectivity index (χ1v) is 6.41. The lowest BCUT2D eigenvalue weighted by atomic mass is 10.1. The summed E-state index contributed by atoms with van der Waals surface area (Å²) in [5.74, 6) is 0.0541. The van der Waals surface area contributed by atoms with Crippen molar-refractivity contribution in [1.29, 1.82) is 0 Å². The molecule has 0 spiro atoms. The number of aromatic nitrogens is 1. The number of rotatable bonds is 3. The molecule has 0 saturated heterocycles. The molecule has 2 aromatic rings. The van der Waals surface area contributed by atoms with Crippen LogP contribution in [0, 0.1) is 13.8 Å². The van der Waals surface area contributed by atoms with Crippen LogP contribution in [0.15, 0.2) is 30.0 Å². The molecule has 19 heavy (non-hydrogen) atoms. The molecule has 2 rings (SSSR count). The summed E-state index contributed by atoms with van der Waals surface area (Å²) in [5, 5.41) is 4.54. The van der Waals surface area contributed by atoms with Crippen molar-refractivity contribution in [2.75, 3.05) is 5.32 Å². The summed E-state index contributed by atoms with van der Waals surface area (Å²) in [6.07, 6.45) is 1.61. The van der Waals surface area contributed by atoms with Gasteiger partial charge >= 0.3 is 0 Å². The third kappa shape index (κ3) is 2.70. The Morgan fingerprint density at radius 1 is 1.21 bits per heavy atom. The maximum Gasteiger partial charge on any atom is 0.154 e. The van der Waals surface area contributed by atoms with E-state index in [2.05, 4.69) is 49.0 Å². The average Bonchev–Trinajstić information content (AvgIpc) is 2.55. The van der Waals surface area contributed by atoms with Crippen molar-refractivity contribution in [3.8, 4) is 0 Å². The second-order valence-electron chi connectivity index (χ2n) is 5.13. The maximum atomic E-state index is 11.1. The van der Waals surface area contributed by atoms with Gasteiger partial charge < -0.3 is 9.88 Å². The molecule has 1 N–H and O–H groups in total.